The van der Waals surface area contributed by atoms with E-state index in [0.29, 0.717) is 25.9 Å². The molecule has 3 atom stereocenters. The average Bonchev–Trinajstić information content (AvgIpc) is 2.86. The highest BCUT2D eigenvalue weighted by Crippen LogP contribution is 2.25. The van der Waals surface area contributed by atoms with Crippen molar-refractivity contribution in [3.63, 3.8) is 0 Å². The number of rotatable bonds is 7. The van der Waals surface area contributed by atoms with Crippen LogP contribution in [0, 0.1) is 0 Å². The summed E-state index contributed by atoms with van der Waals surface area (Å²) in [5.41, 5.74) is 1.16. The average molecular weight is 474 g/mol. The molecule has 2 saturated heterocycles. The van der Waals surface area contributed by atoms with Crippen molar-refractivity contribution >= 4 is 21.6 Å². The third-order valence-corrected chi connectivity index (χ3v) is 7.82. The van der Waals surface area contributed by atoms with Gasteiger partial charge in [0.05, 0.1) is 36.2 Å². The van der Waals surface area contributed by atoms with Crippen LogP contribution in [0.1, 0.15) is 19.3 Å². The Balaban J connectivity index is 1.28. The quantitative estimate of drug-likeness (QED) is 0.634. The molecule has 2 fully saturated rings. The van der Waals surface area contributed by atoms with Crippen molar-refractivity contribution in [2.24, 2.45) is 0 Å². The lowest BCUT2D eigenvalue weighted by molar-refractivity contribution is -0.140. The number of anilines is 1. The molecule has 0 saturated carbocycles. The summed E-state index contributed by atoms with van der Waals surface area (Å²) in [5.74, 6) is 0.0349. The van der Waals surface area contributed by atoms with Crippen LogP contribution in [0.3, 0.4) is 0 Å². The molecule has 2 aromatic carbocycles. The van der Waals surface area contributed by atoms with Crippen LogP contribution in [-0.4, -0.2) is 75.4 Å². The maximum absolute atomic E-state index is 12.9. The van der Waals surface area contributed by atoms with E-state index >= 15 is 0 Å². The fraction of sp³-hybridized carbons (Fsp3) is 0.458. The number of nitrogens with one attached hydrogen (secondary N) is 1. The smallest absolute Gasteiger partial charge is 0.240 e. The fourth-order valence-electron chi connectivity index (χ4n) is 4.46. The van der Waals surface area contributed by atoms with Gasteiger partial charge in [-0.1, -0.05) is 36.4 Å². The third kappa shape index (κ3) is 5.92. The first-order chi connectivity index (χ1) is 16.0. The van der Waals surface area contributed by atoms with Gasteiger partial charge in [0, 0.05) is 31.9 Å². The lowest BCUT2D eigenvalue weighted by Gasteiger charge is -2.38. The molecule has 0 spiro atoms. The van der Waals surface area contributed by atoms with Gasteiger partial charge in [-0.2, -0.15) is 0 Å². The van der Waals surface area contributed by atoms with E-state index in [1.807, 2.05) is 23.1 Å². The summed E-state index contributed by atoms with van der Waals surface area (Å²) in [4.78, 5) is 17.2. The molecule has 0 bridgehead atoms. The summed E-state index contributed by atoms with van der Waals surface area (Å²) in [6.45, 7) is 2.56. The predicted molar refractivity (Wildman–Crippen MR) is 125 cm³/mol. The highest BCUT2D eigenvalue weighted by molar-refractivity contribution is 7.89. The number of benzene rings is 2. The van der Waals surface area contributed by atoms with Gasteiger partial charge in [-0.05, 0) is 37.1 Å². The minimum absolute atomic E-state index is 0.0349. The van der Waals surface area contributed by atoms with Gasteiger partial charge in [0.1, 0.15) is 0 Å². The lowest BCUT2D eigenvalue weighted by Crippen LogP contribution is -2.52. The molecule has 2 aliphatic rings. The second-order valence-electron chi connectivity index (χ2n) is 8.50. The van der Waals surface area contributed by atoms with Crippen LogP contribution in [0.25, 0.3) is 0 Å². The minimum Gasteiger partial charge on any atom is -0.394 e. The van der Waals surface area contributed by atoms with Crippen molar-refractivity contribution in [3.05, 3.63) is 60.7 Å². The summed E-state index contributed by atoms with van der Waals surface area (Å²) in [7, 11) is -3.71. The van der Waals surface area contributed by atoms with E-state index in [9.17, 15) is 18.3 Å². The van der Waals surface area contributed by atoms with Crippen LogP contribution < -0.4 is 9.62 Å². The molecule has 2 aliphatic heterocycles. The van der Waals surface area contributed by atoms with Gasteiger partial charge < -0.3 is 19.6 Å². The van der Waals surface area contributed by atoms with Gasteiger partial charge in [-0.3, -0.25) is 4.79 Å². The van der Waals surface area contributed by atoms with Gasteiger partial charge >= 0.3 is 0 Å². The fourth-order valence-corrected chi connectivity index (χ4v) is 5.78. The van der Waals surface area contributed by atoms with Crippen molar-refractivity contribution in [1.82, 2.24) is 9.62 Å². The number of aliphatic hydroxyl groups excluding tert-OH is 1. The SMILES string of the molecule is O=C(C[C@@H]1CC[C@@H](NS(=O)(=O)c2ccccc2)[C@@H](CO)O1)N1CCN(c2ccccc2)CC1. The van der Waals surface area contributed by atoms with E-state index in [4.69, 9.17) is 4.74 Å². The zero-order valence-corrected chi connectivity index (χ0v) is 19.4. The van der Waals surface area contributed by atoms with Crippen LogP contribution in [0.4, 0.5) is 5.69 Å². The first kappa shape index (κ1) is 23.7. The Labute approximate surface area is 195 Å². The van der Waals surface area contributed by atoms with Gasteiger partial charge in [0.2, 0.25) is 15.9 Å². The number of carbonyl (C=O) groups excluding carboxylic acids is 1. The second-order valence-corrected chi connectivity index (χ2v) is 10.2. The Morgan fingerprint density at radius 2 is 1.61 bits per heavy atom. The molecule has 2 heterocycles. The Morgan fingerprint density at radius 1 is 0.970 bits per heavy atom. The Bertz CT molecular complexity index is 1010. The Morgan fingerprint density at radius 3 is 2.24 bits per heavy atom. The molecule has 8 nitrogen and oxygen atoms in total. The number of ether oxygens (including phenoxy) is 1. The first-order valence-corrected chi connectivity index (χ1v) is 12.9. The Kier molecular flexibility index (Phi) is 7.64. The summed E-state index contributed by atoms with van der Waals surface area (Å²) in [6, 6.07) is 17.8. The van der Waals surface area contributed by atoms with Crippen molar-refractivity contribution in [2.75, 3.05) is 37.7 Å². The molecule has 2 N–H and O–H groups in total. The number of carbonyl (C=O) groups is 1. The van der Waals surface area contributed by atoms with Gasteiger partial charge in [0.15, 0.2) is 0 Å². The maximum atomic E-state index is 12.9. The second kappa shape index (κ2) is 10.6. The van der Waals surface area contributed by atoms with Crippen LogP contribution in [0.2, 0.25) is 0 Å². The highest BCUT2D eigenvalue weighted by atomic mass is 32.2. The highest BCUT2D eigenvalue weighted by Gasteiger charge is 2.35. The van der Waals surface area contributed by atoms with Crippen molar-refractivity contribution < 1.29 is 23.1 Å². The van der Waals surface area contributed by atoms with Crippen molar-refractivity contribution in [2.45, 2.75) is 42.4 Å². The summed E-state index contributed by atoms with van der Waals surface area (Å²) >= 11 is 0. The number of aliphatic hydroxyl groups is 1. The maximum Gasteiger partial charge on any atom is 0.240 e. The lowest BCUT2D eigenvalue weighted by atomic mass is 9.97. The number of para-hydroxylation sites is 1. The first-order valence-electron chi connectivity index (χ1n) is 11.4. The summed E-state index contributed by atoms with van der Waals surface area (Å²) in [6.07, 6.45) is 0.259. The largest absolute Gasteiger partial charge is 0.394 e. The zero-order valence-electron chi connectivity index (χ0n) is 18.5. The Hall–Kier alpha value is -2.46. The molecule has 0 unspecified atom stereocenters. The molecule has 2 aromatic rings. The van der Waals surface area contributed by atoms with Crippen LogP contribution in [0.15, 0.2) is 65.6 Å². The molecular weight excluding hydrogens is 442 g/mol. The predicted octanol–water partition coefficient (Wildman–Crippen LogP) is 1.61. The van der Waals surface area contributed by atoms with E-state index < -0.39 is 22.2 Å². The van der Waals surface area contributed by atoms with Crippen LogP contribution in [-0.2, 0) is 19.6 Å². The topological polar surface area (TPSA) is 99.2 Å². The van der Waals surface area contributed by atoms with Crippen molar-refractivity contribution in [1.29, 1.82) is 0 Å². The molecule has 4 rings (SSSR count). The summed E-state index contributed by atoms with van der Waals surface area (Å²) < 4.78 is 33.9. The van der Waals surface area contributed by atoms with E-state index in [2.05, 4.69) is 21.8 Å². The molecular formula is C24H31N3O5S. The molecule has 178 valence electrons. The normalized spacial score (nSPS) is 24.0. The molecule has 0 aromatic heterocycles. The van der Waals surface area contributed by atoms with E-state index in [1.165, 1.54) is 12.1 Å². The third-order valence-electron chi connectivity index (χ3n) is 6.31. The standard InChI is InChI=1S/C24H31N3O5S/c28-18-23-22(25-33(30,31)21-9-5-2-6-10-21)12-11-20(32-23)17-24(29)27-15-13-26(14-16-27)19-7-3-1-4-8-19/h1-10,20,22-23,25,28H,11-18H2/t20-,22+,23+/m0/s1. The summed E-state index contributed by atoms with van der Waals surface area (Å²) in [5, 5.41) is 9.81. The number of amides is 1. The zero-order chi connectivity index (χ0) is 23.3. The molecule has 33 heavy (non-hydrogen) atoms. The van der Waals surface area contributed by atoms with Gasteiger partial charge in [-0.25, -0.2) is 13.1 Å². The van der Waals surface area contributed by atoms with Gasteiger partial charge in [0.25, 0.3) is 0 Å². The molecule has 0 aliphatic carbocycles. The number of sulfonamides is 1. The van der Waals surface area contributed by atoms with Gasteiger partial charge in [-0.15, -0.1) is 0 Å². The monoisotopic (exact) mass is 473 g/mol. The molecule has 0 radical (unpaired) electrons. The number of hydrogen-bond acceptors (Lipinski definition) is 6. The van der Waals surface area contributed by atoms with Crippen LogP contribution >= 0.6 is 0 Å². The van der Waals surface area contributed by atoms with E-state index in [1.54, 1.807) is 18.2 Å². The number of piperazine rings is 1. The minimum atomic E-state index is -3.71. The van der Waals surface area contributed by atoms with Crippen LogP contribution in [0.5, 0.6) is 0 Å². The van der Waals surface area contributed by atoms with Crippen molar-refractivity contribution in [3.8, 4) is 0 Å². The molecule has 9 heteroatoms. The van der Waals surface area contributed by atoms with E-state index in [-0.39, 0.29) is 29.9 Å². The number of hydrogen-bond donors (Lipinski definition) is 2. The van der Waals surface area contributed by atoms with E-state index in [0.717, 1.165) is 18.8 Å². The molecule has 1 amide bonds. The number of nitrogens with zero attached hydrogens (tertiary/aromatic N) is 2.